The third-order valence-corrected chi connectivity index (χ3v) is 7.19. The summed E-state index contributed by atoms with van der Waals surface area (Å²) in [5, 5.41) is 2.67. The van der Waals surface area contributed by atoms with Crippen molar-refractivity contribution in [2.45, 2.75) is 51.4 Å². The van der Waals surface area contributed by atoms with Gasteiger partial charge in [-0.1, -0.05) is 23.7 Å². The van der Waals surface area contributed by atoms with E-state index < -0.39 is 23.3 Å². The average molecular weight is 544 g/mol. The largest absolute Gasteiger partial charge is 0.434 e. The van der Waals surface area contributed by atoms with E-state index in [-0.39, 0.29) is 22.7 Å². The molecule has 0 bridgehead atoms. The van der Waals surface area contributed by atoms with Gasteiger partial charge in [-0.2, -0.15) is 13.2 Å². The van der Waals surface area contributed by atoms with Crippen molar-refractivity contribution in [3.63, 3.8) is 0 Å². The van der Waals surface area contributed by atoms with Crippen LogP contribution in [-0.2, 0) is 12.7 Å². The normalized spacial score (nSPS) is 18.0. The first kappa shape index (κ1) is 26.0. The van der Waals surface area contributed by atoms with E-state index in [1.54, 1.807) is 15.3 Å². The molecule has 1 N–H and O–H groups in total. The van der Waals surface area contributed by atoms with Crippen LogP contribution in [0, 0.1) is 12.8 Å². The minimum Gasteiger partial charge on any atom is -0.349 e. The van der Waals surface area contributed by atoms with Gasteiger partial charge in [-0.15, -0.1) is 0 Å². The SMILES string of the molecule is Cc1ccc(-n2c(=O)n(C[C@H]3CC[C@H](NC(=O)c4cc(Cl)cnc4C(F)(F)F)CC3)c3ccccc32)cn1. The van der Waals surface area contributed by atoms with E-state index in [0.717, 1.165) is 29.0 Å². The summed E-state index contributed by atoms with van der Waals surface area (Å²) in [6.45, 7) is 2.39. The van der Waals surface area contributed by atoms with Gasteiger partial charge in [-0.25, -0.2) is 9.78 Å². The zero-order chi connectivity index (χ0) is 27.0. The molecule has 1 fully saturated rings. The number of benzene rings is 1. The molecule has 198 valence electrons. The number of carbonyl (C=O) groups is 1. The highest BCUT2D eigenvalue weighted by Gasteiger charge is 2.38. The zero-order valence-electron chi connectivity index (χ0n) is 20.5. The number of aryl methyl sites for hydroxylation is 1. The number of aromatic nitrogens is 4. The second-order valence-corrected chi connectivity index (χ2v) is 10.1. The lowest BCUT2D eigenvalue weighted by Gasteiger charge is -2.29. The fraction of sp³-hybridized carbons (Fsp3) is 0.333. The van der Waals surface area contributed by atoms with E-state index in [1.807, 2.05) is 43.3 Å². The Morgan fingerprint density at radius 1 is 1.05 bits per heavy atom. The minimum atomic E-state index is -4.77. The molecular formula is C27H25ClF3N5O2. The number of amides is 1. The van der Waals surface area contributed by atoms with Gasteiger partial charge in [0, 0.05) is 24.5 Å². The third-order valence-electron chi connectivity index (χ3n) is 6.98. The molecule has 0 unspecified atom stereocenters. The van der Waals surface area contributed by atoms with Gasteiger partial charge in [-0.3, -0.25) is 18.9 Å². The highest BCUT2D eigenvalue weighted by atomic mass is 35.5. The lowest BCUT2D eigenvalue weighted by molar-refractivity contribution is -0.141. The van der Waals surface area contributed by atoms with Gasteiger partial charge in [0.1, 0.15) is 0 Å². The van der Waals surface area contributed by atoms with Crippen LogP contribution in [-0.4, -0.2) is 31.1 Å². The number of hydrogen-bond acceptors (Lipinski definition) is 4. The third kappa shape index (κ3) is 5.18. The first-order valence-electron chi connectivity index (χ1n) is 12.3. The number of alkyl halides is 3. The zero-order valence-corrected chi connectivity index (χ0v) is 21.3. The molecular weight excluding hydrogens is 519 g/mol. The van der Waals surface area contributed by atoms with E-state index in [1.165, 1.54) is 0 Å². The highest BCUT2D eigenvalue weighted by molar-refractivity contribution is 6.30. The Bertz CT molecular complexity index is 1540. The van der Waals surface area contributed by atoms with Crippen LogP contribution in [0.5, 0.6) is 0 Å². The minimum absolute atomic E-state index is 0.0436. The number of halogens is 4. The second kappa shape index (κ2) is 10.2. The summed E-state index contributed by atoms with van der Waals surface area (Å²) in [5.74, 6) is -0.670. The fourth-order valence-corrected chi connectivity index (χ4v) is 5.23. The summed E-state index contributed by atoms with van der Waals surface area (Å²) in [5.41, 5.74) is 1.16. The smallest absolute Gasteiger partial charge is 0.349 e. The predicted octanol–water partition coefficient (Wildman–Crippen LogP) is 5.55. The molecule has 1 aliphatic rings. The molecule has 5 rings (SSSR count). The van der Waals surface area contributed by atoms with Crippen LogP contribution in [0.15, 0.2) is 59.7 Å². The molecule has 11 heteroatoms. The van der Waals surface area contributed by atoms with E-state index in [0.29, 0.717) is 37.9 Å². The van der Waals surface area contributed by atoms with E-state index >= 15 is 0 Å². The number of rotatable bonds is 5. The van der Waals surface area contributed by atoms with Crippen molar-refractivity contribution in [1.82, 2.24) is 24.4 Å². The van der Waals surface area contributed by atoms with Crippen molar-refractivity contribution in [2.75, 3.05) is 0 Å². The standard InChI is InChI=1S/C27H25ClF3N5O2/c1-16-6-11-20(14-32-16)36-23-5-3-2-4-22(23)35(26(36)38)15-17-7-9-19(10-8-17)34-25(37)21-12-18(28)13-33-24(21)27(29,30)31/h2-6,11-14,17,19H,7-10,15H2,1H3,(H,34,37)/t17-,19-. The number of imidazole rings is 1. The molecule has 38 heavy (non-hydrogen) atoms. The number of para-hydroxylation sites is 2. The maximum absolute atomic E-state index is 13.5. The van der Waals surface area contributed by atoms with E-state index in [9.17, 15) is 22.8 Å². The van der Waals surface area contributed by atoms with Crippen molar-refractivity contribution in [3.8, 4) is 5.69 Å². The molecule has 0 aliphatic heterocycles. The van der Waals surface area contributed by atoms with Crippen molar-refractivity contribution < 1.29 is 18.0 Å². The molecule has 1 amide bonds. The van der Waals surface area contributed by atoms with E-state index in [4.69, 9.17) is 11.6 Å². The molecule has 0 atom stereocenters. The molecule has 1 saturated carbocycles. The van der Waals surface area contributed by atoms with Gasteiger partial charge >= 0.3 is 11.9 Å². The molecule has 0 radical (unpaired) electrons. The number of hydrogen-bond donors (Lipinski definition) is 1. The molecule has 4 aromatic rings. The Hall–Kier alpha value is -3.66. The van der Waals surface area contributed by atoms with Gasteiger partial charge in [-0.05, 0) is 68.9 Å². The van der Waals surface area contributed by atoms with Gasteiger partial charge < -0.3 is 5.32 Å². The maximum atomic E-state index is 13.5. The second-order valence-electron chi connectivity index (χ2n) is 9.61. The number of nitrogens with zero attached hydrogens (tertiary/aromatic N) is 4. The Morgan fingerprint density at radius 3 is 2.42 bits per heavy atom. The van der Waals surface area contributed by atoms with Crippen LogP contribution < -0.4 is 11.0 Å². The first-order valence-corrected chi connectivity index (χ1v) is 12.7. The number of fused-ring (bicyclic) bond motifs is 1. The van der Waals surface area contributed by atoms with Crippen LogP contribution in [0.25, 0.3) is 16.7 Å². The molecule has 3 heterocycles. The maximum Gasteiger partial charge on any atom is 0.434 e. The van der Waals surface area contributed by atoms with Gasteiger partial charge in [0.2, 0.25) is 0 Å². The first-order chi connectivity index (χ1) is 18.1. The van der Waals surface area contributed by atoms with Gasteiger partial charge in [0.15, 0.2) is 5.69 Å². The van der Waals surface area contributed by atoms with Crippen LogP contribution in [0.3, 0.4) is 0 Å². The lowest BCUT2D eigenvalue weighted by Crippen LogP contribution is -2.39. The van der Waals surface area contributed by atoms with Crippen molar-refractivity contribution in [2.24, 2.45) is 5.92 Å². The Kier molecular flexibility index (Phi) is 7.00. The Balaban J connectivity index is 1.30. The molecule has 0 saturated heterocycles. The van der Waals surface area contributed by atoms with Crippen molar-refractivity contribution in [1.29, 1.82) is 0 Å². The van der Waals surface area contributed by atoms with Crippen LogP contribution in [0.2, 0.25) is 5.02 Å². The van der Waals surface area contributed by atoms with Crippen LogP contribution in [0.4, 0.5) is 13.2 Å². The molecule has 7 nitrogen and oxygen atoms in total. The lowest BCUT2D eigenvalue weighted by atomic mass is 9.85. The van der Waals surface area contributed by atoms with Crippen LogP contribution in [0.1, 0.15) is 47.4 Å². The molecule has 0 spiro atoms. The molecule has 1 aromatic carbocycles. The fourth-order valence-electron chi connectivity index (χ4n) is 5.08. The average Bonchev–Trinajstić information content (AvgIpc) is 3.16. The Morgan fingerprint density at radius 2 is 1.76 bits per heavy atom. The van der Waals surface area contributed by atoms with E-state index in [2.05, 4.69) is 15.3 Å². The summed E-state index contributed by atoms with van der Waals surface area (Å²) < 4.78 is 43.4. The summed E-state index contributed by atoms with van der Waals surface area (Å²) in [7, 11) is 0. The number of nitrogens with one attached hydrogen (secondary N) is 1. The summed E-state index contributed by atoms with van der Waals surface area (Å²) >= 11 is 5.81. The number of carbonyl (C=O) groups excluding carboxylic acids is 1. The monoisotopic (exact) mass is 543 g/mol. The van der Waals surface area contributed by atoms with Gasteiger partial charge in [0.25, 0.3) is 5.91 Å². The molecule has 3 aromatic heterocycles. The molecule has 1 aliphatic carbocycles. The van der Waals surface area contributed by atoms with Gasteiger partial charge in [0.05, 0.1) is 33.5 Å². The van der Waals surface area contributed by atoms with Crippen LogP contribution >= 0.6 is 11.6 Å². The summed E-state index contributed by atoms with van der Waals surface area (Å²) in [6.07, 6.45) is 0.380. The highest BCUT2D eigenvalue weighted by Crippen LogP contribution is 2.32. The van der Waals surface area contributed by atoms with Crippen molar-refractivity contribution in [3.05, 3.63) is 87.3 Å². The Labute approximate surface area is 221 Å². The summed E-state index contributed by atoms with van der Waals surface area (Å²) in [4.78, 5) is 33.8. The van der Waals surface area contributed by atoms with Crippen molar-refractivity contribution >= 4 is 28.5 Å². The number of pyridine rings is 2. The predicted molar refractivity (Wildman–Crippen MR) is 138 cm³/mol. The topological polar surface area (TPSA) is 81.8 Å². The summed E-state index contributed by atoms with van der Waals surface area (Å²) in [6, 6.07) is 12.0. The quantitative estimate of drug-likeness (QED) is 0.358.